The van der Waals surface area contributed by atoms with E-state index in [0.717, 1.165) is 20.2 Å². The smallest absolute Gasteiger partial charge is 0.325 e. The fourth-order valence-electron chi connectivity index (χ4n) is 3.59. The average molecular weight is 542 g/mol. The Labute approximate surface area is 220 Å². The van der Waals surface area contributed by atoms with Crippen molar-refractivity contribution >= 4 is 45.6 Å². The number of likely N-dealkylation sites (N-methyl/N-ethyl adjacent to an activating group) is 1. The van der Waals surface area contributed by atoms with Gasteiger partial charge in [0.2, 0.25) is 0 Å². The Morgan fingerprint density at radius 2 is 1.83 bits per heavy atom. The average Bonchev–Trinajstić information content (AvgIpc) is 3.52. The molecule has 0 aliphatic rings. The van der Waals surface area contributed by atoms with Crippen molar-refractivity contribution in [1.29, 1.82) is 0 Å². The number of benzene rings is 2. The number of aromatic nitrogens is 2. The minimum absolute atomic E-state index is 0.176. The zero-order valence-corrected chi connectivity index (χ0v) is 22.3. The molecule has 0 radical (unpaired) electrons. The van der Waals surface area contributed by atoms with Gasteiger partial charge in [0.1, 0.15) is 6.54 Å². The monoisotopic (exact) mass is 541 g/mol. The number of rotatable bonds is 8. The fraction of sp³-hybridized carbons (Fsp3) is 0.192. The first-order valence-corrected chi connectivity index (χ1v) is 13.8. The number of hydrogen-bond acceptors (Lipinski definition) is 6. The highest BCUT2D eigenvalue weighted by molar-refractivity contribution is 7.84. The number of amides is 1. The third kappa shape index (κ3) is 5.59. The molecule has 1 amide bonds. The summed E-state index contributed by atoms with van der Waals surface area (Å²) in [4.78, 5) is 28.9. The van der Waals surface area contributed by atoms with Crippen LogP contribution in [0.2, 0.25) is 5.02 Å². The fourth-order valence-corrected chi connectivity index (χ4v) is 5.38. The molecule has 7 nitrogen and oxygen atoms in total. The van der Waals surface area contributed by atoms with Crippen LogP contribution in [0.5, 0.6) is 0 Å². The number of carbonyl (C=O) groups is 2. The topological polar surface area (TPSA) is 81.5 Å². The van der Waals surface area contributed by atoms with E-state index < -0.39 is 22.7 Å². The first-order valence-electron chi connectivity index (χ1n) is 11.1. The second-order valence-corrected chi connectivity index (χ2v) is 10.8. The number of halogens is 1. The lowest BCUT2D eigenvalue weighted by Crippen LogP contribution is -2.33. The van der Waals surface area contributed by atoms with Gasteiger partial charge in [0, 0.05) is 33.9 Å². The summed E-state index contributed by atoms with van der Waals surface area (Å²) in [6, 6.07) is 20.5. The van der Waals surface area contributed by atoms with Gasteiger partial charge in [-0.3, -0.25) is 13.8 Å². The highest BCUT2D eigenvalue weighted by Crippen LogP contribution is 2.37. The lowest BCUT2D eigenvalue weighted by Gasteiger charge is -2.14. The standard InChI is InChI=1S/C26H24ClN3O4S2/c1-4-34-25(31)16-29(2)26(32)20-15-22(30(28-20)21-11-6-5-10-19(21)27)24-13-12-23(35-24)17-8-7-9-18(14-17)36(3)33/h5-15H,4,16H2,1-3H3. The van der Waals surface area contributed by atoms with E-state index >= 15 is 0 Å². The maximum absolute atomic E-state index is 13.1. The van der Waals surface area contributed by atoms with Crippen molar-refractivity contribution in [2.75, 3.05) is 26.5 Å². The van der Waals surface area contributed by atoms with Crippen molar-refractivity contribution in [3.63, 3.8) is 0 Å². The van der Waals surface area contributed by atoms with E-state index in [1.54, 1.807) is 30.0 Å². The zero-order chi connectivity index (χ0) is 25.8. The number of para-hydroxylation sites is 1. The molecular formula is C26H24ClN3O4S2. The molecule has 0 aliphatic heterocycles. The summed E-state index contributed by atoms with van der Waals surface area (Å²) in [7, 11) is 0.444. The second kappa shape index (κ2) is 11.2. The number of hydrogen-bond donors (Lipinski definition) is 0. The van der Waals surface area contributed by atoms with Crippen molar-refractivity contribution < 1.29 is 18.5 Å². The Morgan fingerprint density at radius 1 is 1.08 bits per heavy atom. The molecule has 1 unspecified atom stereocenters. The Hall–Kier alpha value is -3.27. The number of carbonyl (C=O) groups excluding carboxylic acids is 2. The van der Waals surface area contributed by atoms with Crippen molar-refractivity contribution in [3.05, 3.63) is 77.4 Å². The Balaban J connectivity index is 1.75. The first-order chi connectivity index (χ1) is 17.3. The summed E-state index contributed by atoms with van der Waals surface area (Å²) in [6.45, 7) is 1.77. The van der Waals surface area contributed by atoms with Crippen LogP contribution >= 0.6 is 22.9 Å². The molecule has 0 aliphatic carbocycles. The predicted molar refractivity (Wildman–Crippen MR) is 143 cm³/mol. The zero-order valence-electron chi connectivity index (χ0n) is 19.9. The largest absolute Gasteiger partial charge is 0.465 e. The normalized spacial score (nSPS) is 11.8. The lowest BCUT2D eigenvalue weighted by molar-refractivity contribution is -0.143. The maximum atomic E-state index is 13.1. The van der Waals surface area contributed by atoms with Crippen LogP contribution in [0.15, 0.2) is 71.6 Å². The van der Waals surface area contributed by atoms with Gasteiger partial charge in [0.05, 0.1) is 27.9 Å². The van der Waals surface area contributed by atoms with Crippen LogP contribution in [0.1, 0.15) is 17.4 Å². The molecule has 2 aromatic carbocycles. The van der Waals surface area contributed by atoms with Gasteiger partial charge in [-0.05, 0) is 55.0 Å². The van der Waals surface area contributed by atoms with Crippen molar-refractivity contribution in [2.45, 2.75) is 11.8 Å². The molecule has 0 N–H and O–H groups in total. The van der Waals surface area contributed by atoms with Crippen LogP contribution < -0.4 is 0 Å². The molecule has 10 heteroatoms. The van der Waals surface area contributed by atoms with E-state index in [1.807, 2.05) is 54.6 Å². The van der Waals surface area contributed by atoms with Crippen LogP contribution in [0.4, 0.5) is 0 Å². The number of esters is 1. The molecule has 2 heterocycles. The molecule has 0 saturated heterocycles. The third-order valence-corrected chi connectivity index (χ3v) is 7.73. The van der Waals surface area contributed by atoms with Crippen LogP contribution in [-0.2, 0) is 20.3 Å². The Kier molecular flexibility index (Phi) is 8.03. The highest BCUT2D eigenvalue weighted by atomic mass is 35.5. The summed E-state index contributed by atoms with van der Waals surface area (Å²) in [6.07, 6.45) is 1.65. The molecule has 186 valence electrons. The molecule has 4 aromatic rings. The number of nitrogens with zero attached hydrogens (tertiary/aromatic N) is 3. The number of ether oxygens (including phenoxy) is 1. The highest BCUT2D eigenvalue weighted by Gasteiger charge is 2.23. The second-order valence-electron chi connectivity index (χ2n) is 7.89. The molecule has 0 bridgehead atoms. The van der Waals surface area contributed by atoms with Crippen LogP contribution in [0, 0.1) is 0 Å². The summed E-state index contributed by atoms with van der Waals surface area (Å²) < 4.78 is 18.5. The van der Waals surface area contributed by atoms with E-state index in [2.05, 4.69) is 5.10 Å². The minimum Gasteiger partial charge on any atom is -0.465 e. The van der Waals surface area contributed by atoms with Gasteiger partial charge in [-0.25, -0.2) is 4.68 Å². The number of thiophene rings is 1. The molecule has 36 heavy (non-hydrogen) atoms. The molecule has 0 fully saturated rings. The van der Waals surface area contributed by atoms with Gasteiger partial charge in [-0.2, -0.15) is 5.10 Å². The summed E-state index contributed by atoms with van der Waals surface area (Å²) in [5.41, 5.74) is 2.44. The van der Waals surface area contributed by atoms with Crippen LogP contribution in [0.3, 0.4) is 0 Å². The Morgan fingerprint density at radius 3 is 2.56 bits per heavy atom. The maximum Gasteiger partial charge on any atom is 0.325 e. The predicted octanol–water partition coefficient (Wildman–Crippen LogP) is 5.29. The van der Waals surface area contributed by atoms with Crippen LogP contribution in [0.25, 0.3) is 26.7 Å². The van der Waals surface area contributed by atoms with Crippen molar-refractivity contribution in [1.82, 2.24) is 14.7 Å². The van der Waals surface area contributed by atoms with E-state index in [0.29, 0.717) is 16.4 Å². The summed E-state index contributed by atoms with van der Waals surface area (Å²) in [5, 5.41) is 5.05. The summed E-state index contributed by atoms with van der Waals surface area (Å²) in [5.74, 6) is -0.901. The van der Waals surface area contributed by atoms with Gasteiger partial charge < -0.3 is 9.64 Å². The van der Waals surface area contributed by atoms with Gasteiger partial charge >= 0.3 is 5.97 Å². The quantitative estimate of drug-likeness (QED) is 0.283. The van der Waals surface area contributed by atoms with Crippen molar-refractivity contribution in [3.8, 4) is 26.7 Å². The Bertz CT molecular complexity index is 1450. The molecular weight excluding hydrogens is 518 g/mol. The van der Waals surface area contributed by atoms with Gasteiger partial charge in [-0.15, -0.1) is 11.3 Å². The molecule has 1 atom stereocenters. The molecule has 0 saturated carbocycles. The third-order valence-electron chi connectivity index (χ3n) is 5.34. The minimum atomic E-state index is -1.09. The first kappa shape index (κ1) is 25.8. The van der Waals surface area contributed by atoms with E-state index in [4.69, 9.17) is 16.3 Å². The molecule has 0 spiro atoms. The molecule has 4 rings (SSSR count). The summed E-state index contributed by atoms with van der Waals surface area (Å²) >= 11 is 8.00. The van der Waals surface area contributed by atoms with Crippen molar-refractivity contribution in [2.24, 2.45) is 0 Å². The van der Waals surface area contributed by atoms with Crippen LogP contribution in [-0.4, -0.2) is 57.2 Å². The SMILES string of the molecule is CCOC(=O)CN(C)C(=O)c1cc(-c2ccc(-c3cccc(S(C)=O)c3)s2)n(-c2ccccc2Cl)n1. The van der Waals surface area contributed by atoms with E-state index in [1.165, 1.54) is 23.3 Å². The lowest BCUT2D eigenvalue weighted by atomic mass is 10.2. The van der Waals surface area contributed by atoms with E-state index in [-0.39, 0.29) is 18.8 Å². The molecule has 2 aromatic heterocycles. The van der Waals surface area contributed by atoms with E-state index in [9.17, 15) is 13.8 Å². The van der Waals surface area contributed by atoms with Gasteiger partial charge in [-0.1, -0.05) is 35.9 Å². The van der Waals surface area contributed by atoms with Gasteiger partial charge in [0.25, 0.3) is 5.91 Å². The van der Waals surface area contributed by atoms with Gasteiger partial charge in [0.15, 0.2) is 5.69 Å².